The van der Waals surface area contributed by atoms with E-state index in [4.69, 9.17) is 0 Å². The number of alkyl halides is 1. The fourth-order valence-electron chi connectivity index (χ4n) is 2.08. The smallest absolute Gasteiger partial charge is 0.237 e. The molecule has 2 nitrogen and oxygen atoms in total. The van der Waals surface area contributed by atoms with E-state index in [1.807, 2.05) is 12.1 Å². The molecule has 1 aliphatic heterocycles. The van der Waals surface area contributed by atoms with Crippen LogP contribution in [0, 0.1) is 0 Å². The van der Waals surface area contributed by atoms with Crippen molar-refractivity contribution >= 4 is 39.3 Å². The van der Waals surface area contributed by atoms with Crippen LogP contribution in [-0.2, 0) is 11.2 Å². The lowest BCUT2D eigenvalue weighted by Crippen LogP contribution is -2.22. The van der Waals surface area contributed by atoms with Crippen molar-refractivity contribution in [2.75, 3.05) is 16.4 Å². The summed E-state index contributed by atoms with van der Waals surface area (Å²) in [4.78, 5) is 12.0. The Morgan fingerprint density at radius 2 is 2.39 bits per heavy atom. The fourth-order valence-corrected chi connectivity index (χ4v) is 3.52. The summed E-state index contributed by atoms with van der Waals surface area (Å²) in [6.45, 7) is 0. The number of hydrogen-bond acceptors (Lipinski definition) is 2. The number of anilines is 1. The Morgan fingerprint density at radius 1 is 1.50 bits per heavy atom. The molecular weight excluding hydrogens is 310 g/mol. The third kappa shape index (κ3) is 4.02. The molecule has 1 aliphatic rings. The molecule has 0 bridgehead atoms. The molecule has 1 saturated heterocycles. The van der Waals surface area contributed by atoms with Crippen molar-refractivity contribution in [3.8, 4) is 0 Å². The zero-order chi connectivity index (χ0) is 12.8. The van der Waals surface area contributed by atoms with Crippen LogP contribution in [0.3, 0.4) is 0 Å². The molecule has 1 heterocycles. The highest BCUT2D eigenvalue weighted by atomic mass is 79.9. The number of aryl methyl sites for hydroxylation is 1. The monoisotopic (exact) mass is 327 g/mol. The molecule has 1 aromatic rings. The van der Waals surface area contributed by atoms with E-state index in [9.17, 15) is 4.79 Å². The normalized spacial score (nSPS) is 18.8. The van der Waals surface area contributed by atoms with Gasteiger partial charge in [-0.1, -0.05) is 28.1 Å². The zero-order valence-electron chi connectivity index (χ0n) is 10.3. The molecule has 0 spiro atoms. The van der Waals surface area contributed by atoms with Gasteiger partial charge in [-0.15, -0.1) is 11.8 Å². The van der Waals surface area contributed by atoms with Crippen LogP contribution in [0.2, 0.25) is 0 Å². The van der Waals surface area contributed by atoms with Gasteiger partial charge in [0.1, 0.15) is 0 Å². The second-order valence-corrected chi connectivity index (χ2v) is 6.59. The number of carbonyl (C=O) groups is 1. The number of nitrogens with one attached hydrogen (secondary N) is 1. The average Bonchev–Trinajstić information content (AvgIpc) is 2.91. The van der Waals surface area contributed by atoms with Crippen LogP contribution in [-0.4, -0.2) is 22.2 Å². The minimum Gasteiger partial charge on any atom is -0.325 e. The van der Waals surface area contributed by atoms with Crippen molar-refractivity contribution in [1.29, 1.82) is 0 Å². The first kappa shape index (κ1) is 13.9. The first-order valence-corrected chi connectivity index (χ1v) is 8.54. The summed E-state index contributed by atoms with van der Waals surface area (Å²) in [6.07, 6.45) is 4.34. The number of benzene rings is 1. The van der Waals surface area contributed by atoms with Crippen LogP contribution in [0.15, 0.2) is 24.3 Å². The summed E-state index contributed by atoms with van der Waals surface area (Å²) in [5.74, 6) is 1.28. The van der Waals surface area contributed by atoms with Gasteiger partial charge in [0, 0.05) is 11.0 Å². The van der Waals surface area contributed by atoms with Gasteiger partial charge in [0.25, 0.3) is 0 Å². The van der Waals surface area contributed by atoms with E-state index in [2.05, 4.69) is 33.4 Å². The fraction of sp³-hybridized carbons (Fsp3) is 0.500. The Balaban J connectivity index is 1.93. The molecule has 0 saturated carbocycles. The zero-order valence-corrected chi connectivity index (χ0v) is 12.7. The van der Waals surface area contributed by atoms with E-state index in [0.717, 1.165) is 42.5 Å². The van der Waals surface area contributed by atoms with Gasteiger partial charge < -0.3 is 5.32 Å². The molecule has 1 atom stereocenters. The SMILES string of the molecule is O=C(Nc1cccc(CCCBr)c1)C1CCCS1. The van der Waals surface area contributed by atoms with Crippen molar-refractivity contribution < 1.29 is 4.79 Å². The van der Waals surface area contributed by atoms with Gasteiger partial charge in [0.05, 0.1) is 5.25 Å². The largest absolute Gasteiger partial charge is 0.325 e. The van der Waals surface area contributed by atoms with Gasteiger partial charge in [0.15, 0.2) is 0 Å². The highest BCUT2D eigenvalue weighted by Gasteiger charge is 2.23. The Kier molecular flexibility index (Phi) is 5.57. The topological polar surface area (TPSA) is 29.1 Å². The van der Waals surface area contributed by atoms with Crippen LogP contribution in [0.5, 0.6) is 0 Å². The molecule has 0 aliphatic carbocycles. The Bertz CT molecular complexity index is 405. The minimum absolute atomic E-state index is 0.149. The first-order chi connectivity index (χ1) is 8.79. The number of rotatable bonds is 5. The average molecular weight is 328 g/mol. The molecule has 2 rings (SSSR count). The third-order valence-corrected chi connectivity index (χ3v) is 4.95. The van der Waals surface area contributed by atoms with E-state index >= 15 is 0 Å². The van der Waals surface area contributed by atoms with Crippen molar-refractivity contribution in [3.63, 3.8) is 0 Å². The lowest BCUT2D eigenvalue weighted by atomic mass is 10.1. The number of thioether (sulfide) groups is 1. The van der Waals surface area contributed by atoms with E-state index in [1.165, 1.54) is 5.56 Å². The van der Waals surface area contributed by atoms with Crippen molar-refractivity contribution in [3.05, 3.63) is 29.8 Å². The molecule has 18 heavy (non-hydrogen) atoms. The predicted molar refractivity (Wildman–Crippen MR) is 82.7 cm³/mol. The van der Waals surface area contributed by atoms with Crippen molar-refractivity contribution in [2.24, 2.45) is 0 Å². The van der Waals surface area contributed by atoms with Gasteiger partial charge in [-0.25, -0.2) is 0 Å². The summed E-state index contributed by atoms with van der Waals surface area (Å²) in [6, 6.07) is 8.18. The summed E-state index contributed by atoms with van der Waals surface area (Å²) in [5.41, 5.74) is 2.21. The van der Waals surface area contributed by atoms with Crippen LogP contribution in [0.25, 0.3) is 0 Å². The van der Waals surface area contributed by atoms with Gasteiger partial charge in [-0.3, -0.25) is 4.79 Å². The number of carbonyl (C=O) groups excluding carboxylic acids is 1. The van der Waals surface area contributed by atoms with Crippen LogP contribution in [0.4, 0.5) is 5.69 Å². The molecule has 1 amide bonds. The van der Waals surface area contributed by atoms with E-state index < -0.39 is 0 Å². The molecule has 1 N–H and O–H groups in total. The summed E-state index contributed by atoms with van der Waals surface area (Å²) < 4.78 is 0. The number of hydrogen-bond donors (Lipinski definition) is 1. The lowest BCUT2D eigenvalue weighted by molar-refractivity contribution is -0.115. The molecule has 4 heteroatoms. The van der Waals surface area contributed by atoms with Gasteiger partial charge in [0.2, 0.25) is 5.91 Å². The Morgan fingerprint density at radius 3 is 3.11 bits per heavy atom. The Labute approximate surface area is 121 Å². The van der Waals surface area contributed by atoms with Crippen LogP contribution >= 0.6 is 27.7 Å². The molecule has 0 aromatic heterocycles. The standard InChI is InChI=1S/C14H18BrNOS/c15-8-2-5-11-4-1-6-12(10-11)16-14(17)13-7-3-9-18-13/h1,4,6,10,13H,2-3,5,7-9H2,(H,16,17). The Hall–Kier alpha value is -0.480. The molecule has 1 unspecified atom stereocenters. The lowest BCUT2D eigenvalue weighted by Gasteiger charge is -2.11. The maximum Gasteiger partial charge on any atom is 0.237 e. The second-order valence-electron chi connectivity index (χ2n) is 4.48. The third-order valence-electron chi connectivity index (χ3n) is 3.02. The number of halogens is 1. The van der Waals surface area contributed by atoms with Gasteiger partial charge in [-0.2, -0.15) is 0 Å². The number of amides is 1. The van der Waals surface area contributed by atoms with Crippen LogP contribution < -0.4 is 5.32 Å². The highest BCUT2D eigenvalue weighted by Crippen LogP contribution is 2.27. The highest BCUT2D eigenvalue weighted by molar-refractivity contribution is 9.09. The van der Waals surface area contributed by atoms with Crippen molar-refractivity contribution in [2.45, 2.75) is 30.9 Å². The van der Waals surface area contributed by atoms with Crippen molar-refractivity contribution in [1.82, 2.24) is 0 Å². The quantitative estimate of drug-likeness (QED) is 0.832. The minimum atomic E-state index is 0.149. The maximum absolute atomic E-state index is 12.0. The van der Waals surface area contributed by atoms with Gasteiger partial charge in [-0.05, 0) is 49.1 Å². The molecule has 98 valence electrons. The predicted octanol–water partition coefficient (Wildman–Crippen LogP) is 3.85. The molecule has 0 radical (unpaired) electrons. The van der Waals surface area contributed by atoms with Crippen LogP contribution in [0.1, 0.15) is 24.8 Å². The molecule has 1 aromatic carbocycles. The second kappa shape index (κ2) is 7.19. The van der Waals surface area contributed by atoms with E-state index in [0.29, 0.717) is 0 Å². The summed E-state index contributed by atoms with van der Waals surface area (Å²) in [7, 11) is 0. The van der Waals surface area contributed by atoms with E-state index in [-0.39, 0.29) is 11.2 Å². The maximum atomic E-state index is 12.0. The van der Waals surface area contributed by atoms with E-state index in [1.54, 1.807) is 11.8 Å². The summed E-state index contributed by atoms with van der Waals surface area (Å²) >= 11 is 5.21. The van der Waals surface area contributed by atoms with Gasteiger partial charge >= 0.3 is 0 Å². The summed E-state index contributed by atoms with van der Waals surface area (Å²) in [5, 5.41) is 4.19. The first-order valence-electron chi connectivity index (χ1n) is 6.37. The molecular formula is C14H18BrNOS. The molecule has 1 fully saturated rings.